The summed E-state index contributed by atoms with van der Waals surface area (Å²) in [6, 6.07) is 5.34. The van der Waals surface area contributed by atoms with E-state index in [0.29, 0.717) is 48.4 Å². The average Bonchev–Trinajstić information content (AvgIpc) is 2.54. The third-order valence-electron chi connectivity index (χ3n) is 3.97. The molecule has 0 unspecified atom stereocenters. The maximum absolute atomic E-state index is 12.5. The number of thiocarbonyl (C=S) groups is 1. The van der Waals surface area contributed by atoms with Gasteiger partial charge in [-0.25, -0.2) is 0 Å². The molecule has 1 aromatic carbocycles. The minimum atomic E-state index is 0.0216. The summed E-state index contributed by atoms with van der Waals surface area (Å²) in [5.74, 6) is 1.62. The molecule has 3 rings (SSSR count). The number of rotatable bonds is 2. The minimum absolute atomic E-state index is 0.0216. The summed E-state index contributed by atoms with van der Waals surface area (Å²) in [5, 5.41) is 0. The Morgan fingerprint density at radius 1 is 1.19 bits per heavy atom. The fourth-order valence-electron chi connectivity index (χ4n) is 2.73. The van der Waals surface area contributed by atoms with Crippen LogP contribution in [0.25, 0.3) is 0 Å². The van der Waals surface area contributed by atoms with E-state index in [9.17, 15) is 4.79 Å². The van der Waals surface area contributed by atoms with Crippen molar-refractivity contribution in [3.63, 3.8) is 0 Å². The smallest absolute Gasteiger partial charge is 0.253 e. The molecule has 0 saturated carbocycles. The van der Waals surface area contributed by atoms with Gasteiger partial charge in [-0.3, -0.25) is 4.79 Å². The van der Waals surface area contributed by atoms with Gasteiger partial charge in [-0.05, 0) is 31.0 Å². The van der Waals surface area contributed by atoms with E-state index < -0.39 is 0 Å². The largest absolute Gasteiger partial charge is 0.486 e. The van der Waals surface area contributed by atoms with Crippen LogP contribution in [0.1, 0.15) is 23.2 Å². The van der Waals surface area contributed by atoms with E-state index in [4.69, 9.17) is 27.4 Å². The number of likely N-dealkylation sites (tertiary alicyclic amines) is 1. The number of nitrogens with two attached hydrogens (primary N) is 1. The topological polar surface area (TPSA) is 64.8 Å². The highest BCUT2D eigenvalue weighted by atomic mass is 32.1. The standard InChI is InChI=1S/C15H18N2O3S/c16-14(21)10-3-5-17(6-4-10)15(18)11-1-2-12-13(9-11)20-8-7-19-12/h1-2,9-10H,3-8H2,(H2,16,21). The second-order valence-corrected chi connectivity index (χ2v) is 5.80. The van der Waals surface area contributed by atoms with Crippen LogP contribution in [0.5, 0.6) is 11.5 Å². The fraction of sp³-hybridized carbons (Fsp3) is 0.467. The summed E-state index contributed by atoms with van der Waals surface area (Å²) in [4.78, 5) is 14.9. The fourth-order valence-corrected chi connectivity index (χ4v) is 2.96. The van der Waals surface area contributed by atoms with Gasteiger partial charge in [0.25, 0.3) is 5.91 Å². The first kappa shape index (κ1) is 14.1. The van der Waals surface area contributed by atoms with Gasteiger partial charge in [-0.1, -0.05) is 12.2 Å². The van der Waals surface area contributed by atoms with Crippen LogP contribution in [0, 0.1) is 5.92 Å². The number of nitrogens with zero attached hydrogens (tertiary/aromatic N) is 1. The molecule has 2 N–H and O–H groups in total. The molecule has 5 nitrogen and oxygen atoms in total. The van der Waals surface area contributed by atoms with Gasteiger partial charge in [-0.15, -0.1) is 0 Å². The number of benzene rings is 1. The molecule has 0 aliphatic carbocycles. The number of carbonyl (C=O) groups excluding carboxylic acids is 1. The number of hydrogen-bond acceptors (Lipinski definition) is 4. The summed E-state index contributed by atoms with van der Waals surface area (Å²) in [5.41, 5.74) is 6.31. The lowest BCUT2D eigenvalue weighted by atomic mass is 9.96. The summed E-state index contributed by atoms with van der Waals surface area (Å²) in [6.07, 6.45) is 1.68. The van der Waals surface area contributed by atoms with Crippen molar-refractivity contribution in [3.8, 4) is 11.5 Å². The van der Waals surface area contributed by atoms with Crippen LogP contribution in [0.2, 0.25) is 0 Å². The van der Waals surface area contributed by atoms with Crippen molar-refractivity contribution < 1.29 is 14.3 Å². The lowest BCUT2D eigenvalue weighted by molar-refractivity contribution is 0.0709. The van der Waals surface area contributed by atoms with Gasteiger partial charge in [0.1, 0.15) is 13.2 Å². The molecule has 0 spiro atoms. The third-order valence-corrected chi connectivity index (χ3v) is 4.31. The lowest BCUT2D eigenvalue weighted by Gasteiger charge is -2.31. The number of fused-ring (bicyclic) bond motifs is 1. The summed E-state index contributed by atoms with van der Waals surface area (Å²) >= 11 is 5.02. The molecule has 0 bridgehead atoms. The van der Waals surface area contributed by atoms with Gasteiger partial charge in [0.05, 0.1) is 4.99 Å². The highest BCUT2D eigenvalue weighted by molar-refractivity contribution is 7.80. The van der Waals surface area contributed by atoms with Crippen LogP contribution in [0.15, 0.2) is 18.2 Å². The van der Waals surface area contributed by atoms with Crippen LogP contribution in [-0.2, 0) is 0 Å². The van der Waals surface area contributed by atoms with E-state index in [0.717, 1.165) is 12.8 Å². The zero-order chi connectivity index (χ0) is 14.8. The molecule has 0 radical (unpaired) electrons. The van der Waals surface area contributed by atoms with E-state index in [1.807, 2.05) is 4.90 Å². The molecule has 112 valence electrons. The SMILES string of the molecule is NC(=S)C1CCN(C(=O)c2ccc3c(c2)OCCO3)CC1. The first-order chi connectivity index (χ1) is 10.1. The molecular weight excluding hydrogens is 288 g/mol. The molecule has 1 fully saturated rings. The number of carbonyl (C=O) groups is 1. The number of hydrogen-bond donors (Lipinski definition) is 1. The molecule has 1 amide bonds. The number of ether oxygens (including phenoxy) is 2. The Hall–Kier alpha value is -1.82. The Kier molecular flexibility index (Phi) is 3.96. The van der Waals surface area contributed by atoms with Crippen LogP contribution in [-0.4, -0.2) is 42.1 Å². The van der Waals surface area contributed by atoms with E-state index in [2.05, 4.69) is 0 Å². The first-order valence-corrected chi connectivity index (χ1v) is 7.54. The molecule has 6 heteroatoms. The van der Waals surface area contributed by atoms with Gasteiger partial charge in [0, 0.05) is 24.6 Å². The summed E-state index contributed by atoms with van der Waals surface area (Å²) < 4.78 is 11.0. The molecular formula is C15H18N2O3S. The van der Waals surface area contributed by atoms with Crippen molar-refractivity contribution in [2.75, 3.05) is 26.3 Å². The Bertz CT molecular complexity index is 568. The van der Waals surface area contributed by atoms with Crippen molar-refractivity contribution in [1.29, 1.82) is 0 Å². The van der Waals surface area contributed by atoms with E-state index in [1.54, 1.807) is 18.2 Å². The van der Waals surface area contributed by atoms with Gasteiger partial charge in [-0.2, -0.15) is 0 Å². The zero-order valence-corrected chi connectivity index (χ0v) is 12.5. The second kappa shape index (κ2) is 5.89. The second-order valence-electron chi connectivity index (χ2n) is 5.33. The number of piperidine rings is 1. The molecule has 0 aromatic heterocycles. The van der Waals surface area contributed by atoms with Gasteiger partial charge < -0.3 is 20.1 Å². The maximum atomic E-state index is 12.5. The van der Waals surface area contributed by atoms with Gasteiger partial charge in [0.15, 0.2) is 11.5 Å². The summed E-state index contributed by atoms with van der Waals surface area (Å²) in [7, 11) is 0. The Labute approximate surface area is 129 Å². The minimum Gasteiger partial charge on any atom is -0.486 e. The summed E-state index contributed by atoms with van der Waals surface area (Å²) in [6.45, 7) is 2.45. The number of amides is 1. The van der Waals surface area contributed by atoms with Crippen LogP contribution < -0.4 is 15.2 Å². The quantitative estimate of drug-likeness (QED) is 0.841. The Morgan fingerprint density at radius 3 is 2.52 bits per heavy atom. The van der Waals surface area contributed by atoms with Crippen LogP contribution >= 0.6 is 12.2 Å². The van der Waals surface area contributed by atoms with Crippen molar-refractivity contribution in [3.05, 3.63) is 23.8 Å². The van der Waals surface area contributed by atoms with Gasteiger partial charge >= 0.3 is 0 Å². The van der Waals surface area contributed by atoms with Crippen LogP contribution in [0.3, 0.4) is 0 Å². The molecule has 21 heavy (non-hydrogen) atoms. The molecule has 0 atom stereocenters. The van der Waals surface area contributed by atoms with Crippen molar-refractivity contribution in [2.24, 2.45) is 11.7 Å². The molecule has 2 aliphatic heterocycles. The van der Waals surface area contributed by atoms with Crippen molar-refractivity contribution >= 4 is 23.1 Å². The normalized spacial score (nSPS) is 18.4. The third kappa shape index (κ3) is 2.95. The van der Waals surface area contributed by atoms with Crippen molar-refractivity contribution in [2.45, 2.75) is 12.8 Å². The maximum Gasteiger partial charge on any atom is 0.253 e. The molecule has 2 heterocycles. The monoisotopic (exact) mass is 306 g/mol. The average molecular weight is 306 g/mol. The Balaban J connectivity index is 1.70. The molecule has 2 aliphatic rings. The highest BCUT2D eigenvalue weighted by Gasteiger charge is 2.25. The predicted octanol–water partition coefficient (Wildman–Crippen LogP) is 1.60. The molecule has 1 saturated heterocycles. The molecule has 1 aromatic rings. The van der Waals surface area contributed by atoms with E-state index in [-0.39, 0.29) is 11.8 Å². The van der Waals surface area contributed by atoms with E-state index in [1.165, 1.54) is 0 Å². The zero-order valence-electron chi connectivity index (χ0n) is 11.7. The van der Waals surface area contributed by atoms with Crippen molar-refractivity contribution in [1.82, 2.24) is 4.90 Å². The van der Waals surface area contributed by atoms with Crippen LogP contribution in [0.4, 0.5) is 0 Å². The first-order valence-electron chi connectivity index (χ1n) is 7.13. The van der Waals surface area contributed by atoms with Gasteiger partial charge in [0.2, 0.25) is 0 Å². The Morgan fingerprint density at radius 2 is 1.86 bits per heavy atom. The van der Waals surface area contributed by atoms with E-state index >= 15 is 0 Å². The predicted molar refractivity (Wildman–Crippen MR) is 82.8 cm³/mol. The highest BCUT2D eigenvalue weighted by Crippen LogP contribution is 2.31. The lowest BCUT2D eigenvalue weighted by Crippen LogP contribution is -2.41.